The average Bonchev–Trinajstić information content (AvgIpc) is 2.55. The van der Waals surface area contributed by atoms with Crippen LogP contribution in [0.2, 0.25) is 0 Å². The van der Waals surface area contributed by atoms with E-state index in [9.17, 15) is 4.79 Å². The maximum atomic E-state index is 12.4. The zero-order valence-electron chi connectivity index (χ0n) is 14.4. The summed E-state index contributed by atoms with van der Waals surface area (Å²) in [5, 5.41) is 0. The van der Waals surface area contributed by atoms with Gasteiger partial charge in [0.1, 0.15) is 0 Å². The molecular formula is C19H30N2O. The summed E-state index contributed by atoms with van der Waals surface area (Å²) in [5.41, 5.74) is 7.07. The standard InChI is InChI=1S/C19H30N2O/c1-5-19(6-2,7-3)13-14-21(18(22)16(4)20)15-17-11-9-8-10-12-17/h8-14,16H,5-7,15,20H2,1-4H3/t16-/m0/s1. The second kappa shape index (κ2) is 8.74. The molecule has 3 heteroatoms. The molecule has 1 aromatic rings. The average molecular weight is 302 g/mol. The summed E-state index contributed by atoms with van der Waals surface area (Å²) in [6, 6.07) is 9.52. The third kappa shape index (κ3) is 4.99. The highest BCUT2D eigenvalue weighted by molar-refractivity contribution is 5.82. The van der Waals surface area contributed by atoms with Gasteiger partial charge >= 0.3 is 0 Å². The lowest BCUT2D eigenvalue weighted by atomic mass is 9.80. The summed E-state index contributed by atoms with van der Waals surface area (Å²) in [5.74, 6) is -0.0442. The van der Waals surface area contributed by atoms with Crippen molar-refractivity contribution in [2.24, 2.45) is 11.1 Å². The van der Waals surface area contributed by atoms with Gasteiger partial charge in [-0.2, -0.15) is 0 Å². The van der Waals surface area contributed by atoms with Crippen LogP contribution >= 0.6 is 0 Å². The van der Waals surface area contributed by atoms with Crippen LogP contribution in [-0.2, 0) is 11.3 Å². The maximum Gasteiger partial charge on any atom is 0.243 e. The van der Waals surface area contributed by atoms with Crippen molar-refractivity contribution in [2.45, 2.75) is 59.5 Å². The van der Waals surface area contributed by atoms with Crippen molar-refractivity contribution in [1.29, 1.82) is 0 Å². The van der Waals surface area contributed by atoms with Gasteiger partial charge in [-0.15, -0.1) is 0 Å². The zero-order valence-corrected chi connectivity index (χ0v) is 14.4. The van der Waals surface area contributed by atoms with E-state index in [2.05, 4.69) is 26.8 Å². The van der Waals surface area contributed by atoms with Gasteiger partial charge in [0, 0.05) is 6.20 Å². The fourth-order valence-corrected chi connectivity index (χ4v) is 2.60. The Bertz CT molecular complexity index is 467. The first-order chi connectivity index (χ1) is 10.5. The molecule has 122 valence electrons. The summed E-state index contributed by atoms with van der Waals surface area (Å²) >= 11 is 0. The van der Waals surface area contributed by atoms with Crippen molar-refractivity contribution in [3.63, 3.8) is 0 Å². The van der Waals surface area contributed by atoms with Crippen LogP contribution < -0.4 is 5.73 Å². The van der Waals surface area contributed by atoms with Gasteiger partial charge in [-0.25, -0.2) is 0 Å². The van der Waals surface area contributed by atoms with E-state index in [1.54, 1.807) is 11.8 Å². The Balaban J connectivity index is 2.98. The first-order valence-electron chi connectivity index (χ1n) is 8.27. The van der Waals surface area contributed by atoms with Gasteiger partial charge in [-0.05, 0) is 37.2 Å². The molecule has 0 aliphatic rings. The Morgan fingerprint density at radius 2 is 1.73 bits per heavy atom. The molecule has 1 aromatic carbocycles. The molecule has 3 nitrogen and oxygen atoms in total. The summed E-state index contributed by atoms with van der Waals surface area (Å²) in [6.07, 6.45) is 7.34. The highest BCUT2D eigenvalue weighted by Crippen LogP contribution is 2.32. The SMILES string of the molecule is CCC(C=CN(Cc1ccccc1)C(=O)[C@H](C)N)(CC)CC. The Labute approximate surface area is 135 Å². The molecule has 0 saturated carbocycles. The Morgan fingerprint density at radius 3 is 2.18 bits per heavy atom. The minimum Gasteiger partial charge on any atom is -0.320 e. The molecule has 0 radical (unpaired) electrons. The molecule has 0 fully saturated rings. The van der Waals surface area contributed by atoms with Crippen molar-refractivity contribution in [3.05, 3.63) is 48.2 Å². The minimum absolute atomic E-state index is 0.0442. The highest BCUT2D eigenvalue weighted by atomic mass is 16.2. The van der Waals surface area contributed by atoms with Crippen LogP contribution in [0.15, 0.2) is 42.6 Å². The molecule has 0 aliphatic carbocycles. The molecule has 0 heterocycles. The fraction of sp³-hybridized carbons (Fsp3) is 0.526. The number of carbonyl (C=O) groups excluding carboxylic acids is 1. The maximum absolute atomic E-state index is 12.4. The molecule has 0 aromatic heterocycles. The minimum atomic E-state index is -0.493. The molecule has 0 saturated heterocycles. The number of nitrogens with zero attached hydrogens (tertiary/aromatic N) is 1. The van der Waals surface area contributed by atoms with E-state index < -0.39 is 6.04 Å². The highest BCUT2D eigenvalue weighted by Gasteiger charge is 2.22. The van der Waals surface area contributed by atoms with Gasteiger partial charge in [0.05, 0.1) is 12.6 Å². The van der Waals surface area contributed by atoms with Crippen LogP contribution in [0, 0.1) is 5.41 Å². The first kappa shape index (κ1) is 18.4. The number of allylic oxidation sites excluding steroid dienone is 1. The molecular weight excluding hydrogens is 272 g/mol. The quantitative estimate of drug-likeness (QED) is 0.786. The number of hydrogen-bond acceptors (Lipinski definition) is 2. The smallest absolute Gasteiger partial charge is 0.243 e. The number of amides is 1. The second-order valence-corrected chi connectivity index (χ2v) is 5.98. The lowest BCUT2D eigenvalue weighted by Crippen LogP contribution is -2.39. The predicted octanol–water partition coefficient (Wildman–Crippen LogP) is 4.09. The molecule has 0 aliphatic heterocycles. The van der Waals surface area contributed by atoms with E-state index in [1.807, 2.05) is 36.5 Å². The van der Waals surface area contributed by atoms with E-state index in [-0.39, 0.29) is 11.3 Å². The molecule has 0 bridgehead atoms. The Kier molecular flexibility index (Phi) is 7.33. The summed E-state index contributed by atoms with van der Waals surface area (Å²) in [6.45, 7) is 8.90. The third-order valence-corrected chi connectivity index (χ3v) is 4.59. The number of carbonyl (C=O) groups is 1. The summed E-state index contributed by atoms with van der Waals surface area (Å²) in [7, 11) is 0. The monoisotopic (exact) mass is 302 g/mol. The van der Waals surface area contributed by atoms with Crippen molar-refractivity contribution in [2.75, 3.05) is 0 Å². The van der Waals surface area contributed by atoms with E-state index in [0.717, 1.165) is 24.8 Å². The van der Waals surface area contributed by atoms with Crippen LogP contribution in [0.1, 0.15) is 52.5 Å². The number of benzene rings is 1. The van der Waals surface area contributed by atoms with E-state index in [4.69, 9.17) is 5.73 Å². The van der Waals surface area contributed by atoms with Gasteiger partial charge < -0.3 is 10.6 Å². The van der Waals surface area contributed by atoms with Crippen LogP contribution in [0.4, 0.5) is 0 Å². The fourth-order valence-electron chi connectivity index (χ4n) is 2.60. The topological polar surface area (TPSA) is 46.3 Å². The van der Waals surface area contributed by atoms with Crippen LogP contribution in [-0.4, -0.2) is 16.8 Å². The van der Waals surface area contributed by atoms with Gasteiger partial charge in [0.2, 0.25) is 5.91 Å². The third-order valence-electron chi connectivity index (χ3n) is 4.59. The van der Waals surface area contributed by atoms with Crippen molar-refractivity contribution >= 4 is 5.91 Å². The number of hydrogen-bond donors (Lipinski definition) is 1. The molecule has 0 spiro atoms. The molecule has 1 amide bonds. The first-order valence-corrected chi connectivity index (χ1v) is 8.27. The van der Waals surface area contributed by atoms with E-state index >= 15 is 0 Å². The molecule has 2 N–H and O–H groups in total. The number of nitrogens with two attached hydrogens (primary N) is 1. The molecule has 1 rings (SSSR count). The zero-order chi connectivity index (χ0) is 16.6. The molecule has 1 atom stereocenters. The van der Waals surface area contributed by atoms with Crippen LogP contribution in [0.5, 0.6) is 0 Å². The van der Waals surface area contributed by atoms with Crippen molar-refractivity contribution in [3.8, 4) is 0 Å². The van der Waals surface area contributed by atoms with Gasteiger partial charge in [-0.1, -0.05) is 57.2 Å². The lowest BCUT2D eigenvalue weighted by molar-refractivity contribution is -0.130. The number of rotatable bonds is 8. The van der Waals surface area contributed by atoms with Crippen LogP contribution in [0.3, 0.4) is 0 Å². The van der Waals surface area contributed by atoms with Crippen molar-refractivity contribution < 1.29 is 4.79 Å². The summed E-state index contributed by atoms with van der Waals surface area (Å²) < 4.78 is 0. The van der Waals surface area contributed by atoms with Crippen LogP contribution in [0.25, 0.3) is 0 Å². The van der Waals surface area contributed by atoms with Crippen molar-refractivity contribution in [1.82, 2.24) is 4.90 Å². The molecule has 0 unspecified atom stereocenters. The second-order valence-electron chi connectivity index (χ2n) is 5.98. The Hall–Kier alpha value is -1.61. The van der Waals surface area contributed by atoms with E-state index in [0.29, 0.717) is 6.54 Å². The predicted molar refractivity (Wildman–Crippen MR) is 93.1 cm³/mol. The molecule has 22 heavy (non-hydrogen) atoms. The van der Waals surface area contributed by atoms with Gasteiger partial charge in [-0.3, -0.25) is 4.79 Å². The largest absolute Gasteiger partial charge is 0.320 e. The van der Waals surface area contributed by atoms with Gasteiger partial charge in [0.15, 0.2) is 0 Å². The Morgan fingerprint density at radius 1 is 1.18 bits per heavy atom. The van der Waals surface area contributed by atoms with E-state index in [1.165, 1.54) is 0 Å². The summed E-state index contributed by atoms with van der Waals surface area (Å²) in [4.78, 5) is 14.1. The van der Waals surface area contributed by atoms with Gasteiger partial charge in [0.25, 0.3) is 0 Å². The normalized spacial score (nSPS) is 13.3. The lowest BCUT2D eigenvalue weighted by Gasteiger charge is -2.28.